The summed E-state index contributed by atoms with van der Waals surface area (Å²) in [7, 11) is -3.58. The van der Waals surface area contributed by atoms with Gasteiger partial charge in [0.1, 0.15) is 5.82 Å². The fourth-order valence-electron chi connectivity index (χ4n) is 3.38. The second-order valence-electron chi connectivity index (χ2n) is 7.35. The minimum absolute atomic E-state index is 0.0998. The molecule has 1 aromatic heterocycles. The SMILES string of the molecule is Cc1nnc(SCC(=O)c2ccc(S(=O)(=O)N3CCOCC3)cc2)n1Cc1ccccc1. The number of aromatic nitrogens is 3. The molecule has 2 heterocycles. The molecule has 0 spiro atoms. The van der Waals surface area contributed by atoms with Crippen molar-refractivity contribution < 1.29 is 17.9 Å². The first-order valence-electron chi connectivity index (χ1n) is 10.2. The third kappa shape index (κ3) is 5.09. The molecule has 10 heteroatoms. The van der Waals surface area contributed by atoms with Gasteiger partial charge in [-0.2, -0.15) is 4.31 Å². The molecule has 1 aliphatic heterocycles. The highest BCUT2D eigenvalue weighted by molar-refractivity contribution is 7.99. The molecule has 168 valence electrons. The van der Waals surface area contributed by atoms with Gasteiger partial charge in [-0.05, 0) is 24.6 Å². The number of ketones is 1. The maximum atomic E-state index is 12.7. The third-order valence-electron chi connectivity index (χ3n) is 5.20. The molecule has 3 aromatic rings. The van der Waals surface area contributed by atoms with Gasteiger partial charge < -0.3 is 9.30 Å². The topological polar surface area (TPSA) is 94.4 Å². The second-order valence-corrected chi connectivity index (χ2v) is 10.2. The first-order valence-corrected chi connectivity index (χ1v) is 12.7. The largest absolute Gasteiger partial charge is 0.379 e. The van der Waals surface area contributed by atoms with Gasteiger partial charge in [0, 0.05) is 18.7 Å². The van der Waals surface area contributed by atoms with Crippen molar-refractivity contribution in [1.29, 1.82) is 0 Å². The van der Waals surface area contributed by atoms with Gasteiger partial charge in [0.05, 0.1) is 30.4 Å². The normalized spacial score (nSPS) is 15.0. The van der Waals surface area contributed by atoms with Crippen molar-refractivity contribution in [1.82, 2.24) is 19.1 Å². The van der Waals surface area contributed by atoms with E-state index < -0.39 is 10.0 Å². The monoisotopic (exact) mass is 472 g/mol. The zero-order chi connectivity index (χ0) is 22.6. The van der Waals surface area contributed by atoms with E-state index in [0.717, 1.165) is 11.4 Å². The summed E-state index contributed by atoms with van der Waals surface area (Å²) in [5.41, 5.74) is 1.59. The van der Waals surface area contributed by atoms with Gasteiger partial charge in [-0.3, -0.25) is 4.79 Å². The number of morpholine rings is 1. The van der Waals surface area contributed by atoms with Crippen LogP contribution in [0.3, 0.4) is 0 Å². The molecule has 0 atom stereocenters. The number of hydrogen-bond acceptors (Lipinski definition) is 7. The Morgan fingerprint density at radius 1 is 1.03 bits per heavy atom. The summed E-state index contributed by atoms with van der Waals surface area (Å²) in [5.74, 6) is 0.862. The molecular formula is C22H24N4O4S2. The maximum absolute atomic E-state index is 12.7. The molecule has 0 saturated carbocycles. The van der Waals surface area contributed by atoms with Crippen LogP contribution in [0.5, 0.6) is 0 Å². The number of sulfonamides is 1. The maximum Gasteiger partial charge on any atom is 0.243 e. The molecule has 32 heavy (non-hydrogen) atoms. The summed E-state index contributed by atoms with van der Waals surface area (Å²) in [6.07, 6.45) is 0. The summed E-state index contributed by atoms with van der Waals surface area (Å²) in [5, 5.41) is 9.02. The van der Waals surface area contributed by atoms with E-state index in [1.165, 1.54) is 28.2 Å². The number of ether oxygens (including phenoxy) is 1. The van der Waals surface area contributed by atoms with Crippen molar-refractivity contribution in [2.75, 3.05) is 32.1 Å². The quantitative estimate of drug-likeness (QED) is 0.367. The van der Waals surface area contributed by atoms with Crippen molar-refractivity contribution in [3.05, 3.63) is 71.5 Å². The minimum Gasteiger partial charge on any atom is -0.379 e. The number of nitrogens with zero attached hydrogens (tertiary/aromatic N) is 4. The Labute approximate surface area is 191 Å². The Morgan fingerprint density at radius 2 is 1.72 bits per heavy atom. The van der Waals surface area contributed by atoms with Gasteiger partial charge in [-0.15, -0.1) is 10.2 Å². The highest BCUT2D eigenvalue weighted by atomic mass is 32.2. The smallest absolute Gasteiger partial charge is 0.243 e. The van der Waals surface area contributed by atoms with E-state index in [1.54, 1.807) is 12.1 Å². The molecule has 2 aromatic carbocycles. The molecule has 0 N–H and O–H groups in total. The summed E-state index contributed by atoms with van der Waals surface area (Å²) in [4.78, 5) is 12.9. The van der Waals surface area contributed by atoms with Crippen molar-refractivity contribution in [2.45, 2.75) is 23.5 Å². The molecule has 4 rings (SSSR count). The Balaban J connectivity index is 1.41. The number of Topliss-reactive ketones (excluding diaryl/α,β-unsaturated/α-hetero) is 1. The number of benzene rings is 2. The number of hydrogen-bond donors (Lipinski definition) is 0. The number of carbonyl (C=O) groups excluding carboxylic acids is 1. The molecule has 0 amide bonds. The lowest BCUT2D eigenvalue weighted by Crippen LogP contribution is -2.40. The van der Waals surface area contributed by atoms with E-state index in [0.29, 0.717) is 43.6 Å². The van der Waals surface area contributed by atoms with Crippen LogP contribution in [-0.4, -0.2) is 65.3 Å². The van der Waals surface area contributed by atoms with Crippen molar-refractivity contribution in [3.8, 4) is 0 Å². The first kappa shape index (κ1) is 22.7. The Kier molecular flexibility index (Phi) is 7.04. The lowest BCUT2D eigenvalue weighted by Gasteiger charge is -2.26. The van der Waals surface area contributed by atoms with E-state index >= 15 is 0 Å². The first-order chi connectivity index (χ1) is 15.4. The van der Waals surface area contributed by atoms with Gasteiger partial charge in [-0.1, -0.05) is 54.2 Å². The van der Waals surface area contributed by atoms with E-state index in [2.05, 4.69) is 10.2 Å². The van der Waals surface area contributed by atoms with Gasteiger partial charge in [0.25, 0.3) is 0 Å². The zero-order valence-electron chi connectivity index (χ0n) is 17.7. The number of rotatable bonds is 8. The van der Waals surface area contributed by atoms with E-state index in [4.69, 9.17) is 4.74 Å². The van der Waals surface area contributed by atoms with Crippen molar-refractivity contribution in [3.63, 3.8) is 0 Å². The highest BCUT2D eigenvalue weighted by Crippen LogP contribution is 2.22. The fourth-order valence-corrected chi connectivity index (χ4v) is 5.66. The van der Waals surface area contributed by atoms with Crippen LogP contribution in [0.1, 0.15) is 21.7 Å². The summed E-state index contributed by atoms with van der Waals surface area (Å²) in [6, 6.07) is 16.1. The lowest BCUT2D eigenvalue weighted by molar-refractivity contribution is 0.0730. The van der Waals surface area contributed by atoms with E-state index in [1.807, 2.05) is 41.8 Å². The van der Waals surface area contributed by atoms with Crippen molar-refractivity contribution in [2.24, 2.45) is 0 Å². The van der Waals surface area contributed by atoms with Crippen LogP contribution in [0.15, 0.2) is 64.6 Å². The highest BCUT2D eigenvalue weighted by Gasteiger charge is 2.26. The summed E-state index contributed by atoms with van der Waals surface area (Å²) < 4.78 is 34.1. The Hall–Kier alpha value is -2.53. The standard InChI is InChI=1S/C22H24N4O4S2/c1-17-23-24-22(26(17)15-18-5-3-2-4-6-18)31-16-21(27)19-7-9-20(10-8-19)32(28,29)25-11-13-30-14-12-25/h2-10H,11-16H2,1H3. The van der Waals surface area contributed by atoms with Crippen LogP contribution in [0.2, 0.25) is 0 Å². The number of thioether (sulfide) groups is 1. The molecule has 1 saturated heterocycles. The molecule has 0 radical (unpaired) electrons. The zero-order valence-corrected chi connectivity index (χ0v) is 19.3. The van der Waals surface area contributed by atoms with Crippen LogP contribution < -0.4 is 0 Å². The van der Waals surface area contributed by atoms with Crippen LogP contribution in [0.4, 0.5) is 0 Å². The Morgan fingerprint density at radius 3 is 2.41 bits per heavy atom. The predicted molar refractivity (Wildman–Crippen MR) is 121 cm³/mol. The predicted octanol–water partition coefficient (Wildman–Crippen LogP) is 2.63. The molecule has 8 nitrogen and oxygen atoms in total. The summed E-state index contributed by atoms with van der Waals surface area (Å²) in [6.45, 7) is 3.97. The van der Waals surface area contributed by atoms with Gasteiger partial charge >= 0.3 is 0 Å². The summed E-state index contributed by atoms with van der Waals surface area (Å²) >= 11 is 1.32. The second kappa shape index (κ2) is 9.95. The molecule has 1 fully saturated rings. The average molecular weight is 473 g/mol. The van der Waals surface area contributed by atoms with Crippen LogP contribution in [0.25, 0.3) is 0 Å². The third-order valence-corrected chi connectivity index (χ3v) is 8.08. The van der Waals surface area contributed by atoms with Gasteiger partial charge in [-0.25, -0.2) is 8.42 Å². The van der Waals surface area contributed by atoms with E-state index in [9.17, 15) is 13.2 Å². The average Bonchev–Trinajstić information content (AvgIpc) is 3.18. The van der Waals surface area contributed by atoms with Crippen LogP contribution >= 0.6 is 11.8 Å². The Bertz CT molecular complexity index is 1170. The molecule has 1 aliphatic rings. The molecular weight excluding hydrogens is 448 g/mol. The minimum atomic E-state index is -3.58. The van der Waals surface area contributed by atoms with E-state index in [-0.39, 0.29) is 16.4 Å². The molecule has 0 aliphatic carbocycles. The molecule has 0 unspecified atom stereocenters. The lowest BCUT2D eigenvalue weighted by atomic mass is 10.1. The van der Waals surface area contributed by atoms with Crippen molar-refractivity contribution >= 4 is 27.6 Å². The number of carbonyl (C=O) groups is 1. The number of aryl methyl sites for hydroxylation is 1. The van der Waals surface area contributed by atoms with Crippen LogP contribution in [-0.2, 0) is 21.3 Å². The molecule has 0 bridgehead atoms. The van der Waals surface area contributed by atoms with Crippen LogP contribution in [0, 0.1) is 6.92 Å². The van der Waals surface area contributed by atoms with Gasteiger partial charge in [0.15, 0.2) is 10.9 Å². The van der Waals surface area contributed by atoms with Gasteiger partial charge in [0.2, 0.25) is 10.0 Å². The fraction of sp³-hybridized carbons (Fsp3) is 0.318.